The average Bonchev–Trinajstić information content (AvgIpc) is 3.04. The molecule has 3 aliphatic rings. The first kappa shape index (κ1) is 23.5. The zero-order valence-corrected chi connectivity index (χ0v) is 19.9. The van der Waals surface area contributed by atoms with Gasteiger partial charge in [0.1, 0.15) is 0 Å². The second-order valence-corrected chi connectivity index (χ2v) is 11.0. The van der Waals surface area contributed by atoms with Crippen LogP contribution >= 0.6 is 0 Å². The Bertz CT molecular complexity index is 712. The van der Waals surface area contributed by atoms with Gasteiger partial charge < -0.3 is 10.2 Å². The topological polar surface area (TPSA) is 40.5 Å². The zero-order valence-electron chi connectivity index (χ0n) is 19.9. The molecule has 0 heterocycles. The summed E-state index contributed by atoms with van der Waals surface area (Å²) < 4.78 is 0. The van der Waals surface area contributed by atoms with E-state index in [1.54, 1.807) is 5.57 Å². The molecule has 0 aromatic heterocycles. The lowest BCUT2D eigenvalue weighted by atomic mass is 9.61. The zero-order chi connectivity index (χ0) is 22.1. The number of fused-ring (bicyclic) bond motifs is 1. The third-order valence-electron chi connectivity index (χ3n) is 8.71. The van der Waals surface area contributed by atoms with Crippen LogP contribution in [0.4, 0.5) is 0 Å². The highest BCUT2D eigenvalue weighted by molar-refractivity contribution is 5.38. The van der Waals surface area contributed by atoms with Gasteiger partial charge in [-0.1, -0.05) is 71.1 Å². The fourth-order valence-electron chi connectivity index (χ4n) is 6.32. The predicted octanol–water partition coefficient (Wildman–Crippen LogP) is 6.61. The molecule has 0 bridgehead atoms. The van der Waals surface area contributed by atoms with Crippen LogP contribution in [0.1, 0.15) is 79.6 Å². The van der Waals surface area contributed by atoms with Gasteiger partial charge in [-0.25, -0.2) is 0 Å². The smallest absolute Gasteiger partial charge is 0.0811 e. The molecule has 3 aliphatic carbocycles. The van der Waals surface area contributed by atoms with Crippen LogP contribution in [0.15, 0.2) is 47.6 Å². The van der Waals surface area contributed by atoms with Crippen LogP contribution in [0.2, 0.25) is 0 Å². The van der Waals surface area contributed by atoms with Crippen LogP contribution in [0, 0.1) is 35.0 Å². The van der Waals surface area contributed by atoms with E-state index in [2.05, 4.69) is 65.5 Å². The number of aliphatic hydroxyl groups excluding tert-OH is 2. The summed E-state index contributed by atoms with van der Waals surface area (Å²) >= 11 is 0. The highest BCUT2D eigenvalue weighted by Gasteiger charge is 2.50. The summed E-state index contributed by atoms with van der Waals surface area (Å²) in [5.74, 6) is 3.38. The van der Waals surface area contributed by atoms with Crippen molar-refractivity contribution in [2.75, 3.05) is 0 Å². The molecule has 7 atom stereocenters. The van der Waals surface area contributed by atoms with E-state index in [-0.39, 0.29) is 0 Å². The SMILES string of the molecule is C=C1/C(=C\C=C2/CCCC3(C)C2CCC3[C@H](C)/C=C/[C@H](C)C(C)C)C[C@@H](O)C[C@@H]1O. The molecule has 0 radical (unpaired) electrons. The highest BCUT2D eigenvalue weighted by atomic mass is 16.3. The fraction of sp³-hybridized carbons (Fsp3) is 0.714. The van der Waals surface area contributed by atoms with Crippen LogP contribution in [-0.4, -0.2) is 22.4 Å². The molecular weight excluding hydrogens is 368 g/mol. The van der Waals surface area contributed by atoms with Crippen molar-refractivity contribution in [3.05, 3.63) is 47.6 Å². The van der Waals surface area contributed by atoms with E-state index in [0.717, 1.165) is 17.1 Å². The molecule has 2 heteroatoms. The van der Waals surface area contributed by atoms with Crippen LogP contribution in [0.5, 0.6) is 0 Å². The van der Waals surface area contributed by atoms with Crippen molar-refractivity contribution >= 4 is 0 Å². The third kappa shape index (κ3) is 4.86. The van der Waals surface area contributed by atoms with E-state index in [4.69, 9.17) is 0 Å². The van der Waals surface area contributed by atoms with E-state index in [9.17, 15) is 10.2 Å². The minimum atomic E-state index is -0.605. The molecule has 3 fully saturated rings. The van der Waals surface area contributed by atoms with Gasteiger partial charge in [-0.2, -0.15) is 0 Å². The monoisotopic (exact) mass is 412 g/mol. The molecule has 2 nitrogen and oxygen atoms in total. The molecule has 3 unspecified atom stereocenters. The predicted molar refractivity (Wildman–Crippen MR) is 127 cm³/mol. The minimum absolute atomic E-state index is 0.385. The quantitative estimate of drug-likeness (QED) is 0.499. The largest absolute Gasteiger partial charge is 0.393 e. The van der Waals surface area contributed by atoms with Gasteiger partial charge in [0, 0.05) is 6.42 Å². The van der Waals surface area contributed by atoms with Gasteiger partial charge in [0.15, 0.2) is 0 Å². The summed E-state index contributed by atoms with van der Waals surface area (Å²) in [7, 11) is 0. The average molecular weight is 413 g/mol. The molecule has 2 N–H and O–H groups in total. The Morgan fingerprint density at radius 1 is 1.07 bits per heavy atom. The second kappa shape index (κ2) is 9.57. The van der Waals surface area contributed by atoms with E-state index < -0.39 is 12.2 Å². The van der Waals surface area contributed by atoms with E-state index in [1.807, 2.05) is 0 Å². The van der Waals surface area contributed by atoms with Gasteiger partial charge in [0.25, 0.3) is 0 Å². The molecule has 0 aromatic carbocycles. The summed E-state index contributed by atoms with van der Waals surface area (Å²) in [6.45, 7) is 16.0. The summed E-state index contributed by atoms with van der Waals surface area (Å²) in [5, 5.41) is 20.2. The third-order valence-corrected chi connectivity index (χ3v) is 8.71. The number of hydrogen-bond acceptors (Lipinski definition) is 2. The van der Waals surface area contributed by atoms with E-state index in [1.165, 1.54) is 32.1 Å². The lowest BCUT2D eigenvalue weighted by Gasteiger charge is -2.44. The lowest BCUT2D eigenvalue weighted by Crippen LogP contribution is -2.35. The maximum atomic E-state index is 10.1. The Hall–Kier alpha value is -1.12. The van der Waals surface area contributed by atoms with Gasteiger partial charge in [0.2, 0.25) is 0 Å². The normalized spacial score (nSPS) is 39.8. The van der Waals surface area contributed by atoms with Gasteiger partial charge in [-0.3, -0.25) is 0 Å². The van der Waals surface area contributed by atoms with Gasteiger partial charge in [-0.15, -0.1) is 0 Å². The fourth-order valence-corrected chi connectivity index (χ4v) is 6.32. The van der Waals surface area contributed by atoms with Gasteiger partial charge >= 0.3 is 0 Å². The number of hydrogen-bond donors (Lipinski definition) is 2. The standard InChI is InChI=1S/C28H44O2/c1-18(2)19(3)9-10-20(4)25-13-14-26-22(8-7-15-28(25,26)6)11-12-23-16-24(29)17-27(30)21(23)5/h9-12,18-20,24-27,29-30H,5,7-8,13-17H2,1-4,6H3/b10-9+,22-11+,23-12-/t19-,20+,24+,25?,26?,27-,28?/m0/s1. The first-order chi connectivity index (χ1) is 14.1. The molecule has 168 valence electrons. The van der Waals surface area contributed by atoms with E-state index in [0.29, 0.717) is 41.9 Å². The van der Waals surface area contributed by atoms with Crippen molar-refractivity contribution in [3.63, 3.8) is 0 Å². The van der Waals surface area contributed by atoms with Crippen LogP contribution in [-0.2, 0) is 0 Å². The Kier molecular flexibility index (Phi) is 7.51. The van der Waals surface area contributed by atoms with Crippen molar-refractivity contribution < 1.29 is 10.2 Å². The Morgan fingerprint density at radius 2 is 1.80 bits per heavy atom. The van der Waals surface area contributed by atoms with Crippen LogP contribution in [0.25, 0.3) is 0 Å². The number of allylic oxidation sites excluding steroid dienone is 5. The Labute approximate surface area is 184 Å². The van der Waals surface area contributed by atoms with Gasteiger partial charge in [-0.05, 0) is 84.7 Å². The van der Waals surface area contributed by atoms with Crippen molar-refractivity contribution in [1.82, 2.24) is 0 Å². The molecule has 0 saturated heterocycles. The summed E-state index contributed by atoms with van der Waals surface area (Å²) in [6.07, 6.45) is 15.8. The molecule has 3 rings (SSSR count). The van der Waals surface area contributed by atoms with Gasteiger partial charge in [0.05, 0.1) is 12.2 Å². The number of rotatable bonds is 5. The van der Waals surface area contributed by atoms with Crippen molar-refractivity contribution in [3.8, 4) is 0 Å². The molecule has 0 aromatic rings. The molecule has 0 aliphatic heterocycles. The van der Waals surface area contributed by atoms with Crippen molar-refractivity contribution in [2.24, 2.45) is 35.0 Å². The summed E-state index contributed by atoms with van der Waals surface area (Å²) in [4.78, 5) is 0. The Balaban J connectivity index is 1.76. The first-order valence-electron chi connectivity index (χ1n) is 12.3. The summed E-state index contributed by atoms with van der Waals surface area (Å²) in [5.41, 5.74) is 3.77. The number of aliphatic hydroxyl groups is 2. The first-order valence-corrected chi connectivity index (χ1v) is 12.3. The van der Waals surface area contributed by atoms with E-state index >= 15 is 0 Å². The molecule has 3 saturated carbocycles. The van der Waals surface area contributed by atoms with Crippen molar-refractivity contribution in [1.29, 1.82) is 0 Å². The maximum Gasteiger partial charge on any atom is 0.0811 e. The molecule has 0 spiro atoms. The highest BCUT2D eigenvalue weighted by Crippen LogP contribution is 2.59. The second-order valence-electron chi connectivity index (χ2n) is 11.0. The van der Waals surface area contributed by atoms with Crippen LogP contribution in [0.3, 0.4) is 0 Å². The molecule has 30 heavy (non-hydrogen) atoms. The Morgan fingerprint density at radius 3 is 2.50 bits per heavy atom. The maximum absolute atomic E-state index is 10.1. The van der Waals surface area contributed by atoms with Crippen molar-refractivity contribution in [2.45, 2.75) is 91.8 Å². The molecule has 0 amide bonds. The molecular formula is C28H44O2. The lowest BCUT2D eigenvalue weighted by molar-refractivity contribution is 0.0862. The minimum Gasteiger partial charge on any atom is -0.393 e. The van der Waals surface area contributed by atoms with Crippen LogP contribution < -0.4 is 0 Å². The summed E-state index contributed by atoms with van der Waals surface area (Å²) in [6, 6.07) is 0.